The molecule has 1 saturated heterocycles. The van der Waals surface area contributed by atoms with Crippen LogP contribution in [0.5, 0.6) is 0 Å². The highest BCUT2D eigenvalue weighted by molar-refractivity contribution is 5.76. The quantitative estimate of drug-likeness (QED) is 0.779. The summed E-state index contributed by atoms with van der Waals surface area (Å²) < 4.78 is 5.39. The average Bonchev–Trinajstić information content (AvgIpc) is 2.73. The summed E-state index contributed by atoms with van der Waals surface area (Å²) in [5.74, 6) is 0.104. The molecule has 0 bridgehead atoms. The Balaban J connectivity index is 1.38. The second-order valence-electron chi connectivity index (χ2n) is 7.15. The summed E-state index contributed by atoms with van der Waals surface area (Å²) >= 11 is 0. The molecule has 1 fully saturated rings. The lowest BCUT2D eigenvalue weighted by molar-refractivity contribution is -0.121. The van der Waals surface area contributed by atoms with Crippen LogP contribution in [0.15, 0.2) is 48.5 Å². The Kier molecular flexibility index (Phi) is 7.43. The monoisotopic (exact) mass is 366 g/mol. The predicted octanol–water partition coefficient (Wildman–Crippen LogP) is 3.33. The van der Waals surface area contributed by atoms with Crippen LogP contribution in [0.4, 0.5) is 0 Å². The van der Waals surface area contributed by atoms with Gasteiger partial charge in [0.25, 0.3) is 0 Å². The molecule has 3 rings (SSSR count). The maximum Gasteiger partial charge on any atom is 0.220 e. The van der Waals surface area contributed by atoms with Crippen LogP contribution in [0.1, 0.15) is 35.6 Å². The van der Waals surface area contributed by atoms with Crippen LogP contribution in [0, 0.1) is 0 Å². The van der Waals surface area contributed by atoms with Crippen molar-refractivity contribution >= 4 is 5.91 Å². The highest BCUT2D eigenvalue weighted by Crippen LogP contribution is 2.10. The van der Waals surface area contributed by atoms with Gasteiger partial charge in [-0.3, -0.25) is 9.69 Å². The molecule has 1 heterocycles. The van der Waals surface area contributed by atoms with Crippen molar-refractivity contribution in [2.75, 3.05) is 26.3 Å². The van der Waals surface area contributed by atoms with Gasteiger partial charge in [-0.05, 0) is 35.1 Å². The molecular weight excluding hydrogens is 336 g/mol. The fourth-order valence-corrected chi connectivity index (χ4v) is 3.27. The molecule has 0 aromatic heterocycles. The molecule has 1 aliphatic rings. The standard InChI is InChI=1S/C23H30N2O2/c1-2-19-3-5-20(6-4-19)11-12-23(26)24-17-21-7-9-22(10-8-21)18-25-13-15-27-16-14-25/h3-10H,2,11-18H2,1H3,(H,24,26). The van der Waals surface area contributed by atoms with E-state index in [1.54, 1.807) is 0 Å². The lowest BCUT2D eigenvalue weighted by Gasteiger charge is -2.26. The topological polar surface area (TPSA) is 41.6 Å². The van der Waals surface area contributed by atoms with Crippen molar-refractivity contribution in [2.45, 2.75) is 39.3 Å². The van der Waals surface area contributed by atoms with E-state index in [-0.39, 0.29) is 5.91 Å². The number of benzene rings is 2. The zero-order valence-corrected chi connectivity index (χ0v) is 16.2. The fourth-order valence-electron chi connectivity index (χ4n) is 3.27. The number of hydrogen-bond donors (Lipinski definition) is 1. The van der Waals surface area contributed by atoms with E-state index in [0.717, 1.165) is 51.3 Å². The van der Waals surface area contributed by atoms with Crippen LogP contribution in [-0.4, -0.2) is 37.1 Å². The molecule has 2 aromatic rings. The molecule has 1 aliphatic heterocycles. The highest BCUT2D eigenvalue weighted by atomic mass is 16.5. The van der Waals surface area contributed by atoms with Crippen LogP contribution in [0.25, 0.3) is 0 Å². The summed E-state index contributed by atoms with van der Waals surface area (Å²) in [5.41, 5.74) is 5.00. The Hall–Kier alpha value is -2.17. The summed E-state index contributed by atoms with van der Waals surface area (Å²) in [6, 6.07) is 17.1. The number of nitrogens with zero attached hydrogens (tertiary/aromatic N) is 1. The predicted molar refractivity (Wildman–Crippen MR) is 109 cm³/mol. The zero-order valence-electron chi connectivity index (χ0n) is 16.2. The van der Waals surface area contributed by atoms with E-state index in [9.17, 15) is 4.79 Å². The fraction of sp³-hybridized carbons (Fsp3) is 0.435. The number of rotatable bonds is 8. The summed E-state index contributed by atoms with van der Waals surface area (Å²) in [6.45, 7) is 7.35. The van der Waals surface area contributed by atoms with Crippen LogP contribution in [-0.2, 0) is 35.5 Å². The molecule has 144 valence electrons. The van der Waals surface area contributed by atoms with Gasteiger partial charge in [-0.1, -0.05) is 55.5 Å². The normalized spacial score (nSPS) is 14.9. The van der Waals surface area contributed by atoms with Gasteiger partial charge in [-0.15, -0.1) is 0 Å². The van der Waals surface area contributed by atoms with E-state index >= 15 is 0 Å². The Morgan fingerprint density at radius 1 is 0.926 bits per heavy atom. The molecule has 0 aliphatic carbocycles. The van der Waals surface area contributed by atoms with E-state index in [1.807, 2.05) is 0 Å². The molecule has 0 unspecified atom stereocenters. The maximum absolute atomic E-state index is 12.1. The third kappa shape index (κ3) is 6.49. The summed E-state index contributed by atoms with van der Waals surface area (Å²) in [7, 11) is 0. The second kappa shape index (κ2) is 10.2. The van der Waals surface area contributed by atoms with Crippen LogP contribution in [0.3, 0.4) is 0 Å². The van der Waals surface area contributed by atoms with Gasteiger partial charge < -0.3 is 10.1 Å². The van der Waals surface area contributed by atoms with Crippen molar-refractivity contribution < 1.29 is 9.53 Å². The van der Waals surface area contributed by atoms with Crippen LogP contribution >= 0.6 is 0 Å². The van der Waals surface area contributed by atoms with Gasteiger partial charge in [0, 0.05) is 32.6 Å². The number of nitrogens with one attached hydrogen (secondary N) is 1. The van der Waals surface area contributed by atoms with E-state index in [0.29, 0.717) is 13.0 Å². The lowest BCUT2D eigenvalue weighted by Crippen LogP contribution is -2.35. The third-order valence-electron chi connectivity index (χ3n) is 5.09. The van der Waals surface area contributed by atoms with E-state index in [2.05, 4.69) is 65.7 Å². The van der Waals surface area contributed by atoms with E-state index in [4.69, 9.17) is 4.74 Å². The number of carbonyl (C=O) groups is 1. The minimum absolute atomic E-state index is 0.104. The first-order chi connectivity index (χ1) is 13.2. The van der Waals surface area contributed by atoms with Gasteiger partial charge in [0.2, 0.25) is 5.91 Å². The largest absolute Gasteiger partial charge is 0.379 e. The number of carbonyl (C=O) groups excluding carboxylic acids is 1. The molecule has 0 spiro atoms. The summed E-state index contributed by atoms with van der Waals surface area (Å²) in [5, 5.41) is 3.03. The first kappa shape index (κ1) is 19.6. The molecule has 1 amide bonds. The van der Waals surface area contributed by atoms with Gasteiger partial charge in [-0.25, -0.2) is 0 Å². The number of ether oxygens (including phenoxy) is 1. The molecule has 0 radical (unpaired) electrons. The molecule has 2 aromatic carbocycles. The van der Waals surface area contributed by atoms with Crippen LogP contribution in [0.2, 0.25) is 0 Å². The first-order valence-electron chi connectivity index (χ1n) is 9.95. The summed E-state index contributed by atoms with van der Waals surface area (Å²) in [4.78, 5) is 14.5. The van der Waals surface area contributed by atoms with Crippen molar-refractivity contribution in [2.24, 2.45) is 0 Å². The van der Waals surface area contributed by atoms with Gasteiger partial charge in [0.05, 0.1) is 13.2 Å². The molecule has 1 N–H and O–H groups in total. The number of aryl methyl sites for hydroxylation is 2. The Bertz CT molecular complexity index is 704. The van der Waals surface area contributed by atoms with Gasteiger partial charge >= 0.3 is 0 Å². The maximum atomic E-state index is 12.1. The minimum Gasteiger partial charge on any atom is -0.379 e. The SMILES string of the molecule is CCc1ccc(CCC(=O)NCc2ccc(CN3CCOCC3)cc2)cc1. The van der Waals surface area contributed by atoms with E-state index < -0.39 is 0 Å². The molecule has 27 heavy (non-hydrogen) atoms. The number of amides is 1. The molecule has 4 heteroatoms. The second-order valence-corrected chi connectivity index (χ2v) is 7.15. The molecular formula is C23H30N2O2. The number of hydrogen-bond acceptors (Lipinski definition) is 3. The molecule has 0 atom stereocenters. The average molecular weight is 367 g/mol. The lowest BCUT2D eigenvalue weighted by atomic mass is 10.1. The van der Waals surface area contributed by atoms with E-state index in [1.165, 1.54) is 16.7 Å². The van der Waals surface area contributed by atoms with Crippen molar-refractivity contribution in [3.05, 3.63) is 70.8 Å². The van der Waals surface area contributed by atoms with Crippen molar-refractivity contribution in [3.8, 4) is 0 Å². The Morgan fingerprint density at radius 3 is 2.19 bits per heavy atom. The number of morpholine rings is 1. The third-order valence-corrected chi connectivity index (χ3v) is 5.09. The first-order valence-corrected chi connectivity index (χ1v) is 9.95. The van der Waals surface area contributed by atoms with Crippen molar-refractivity contribution in [3.63, 3.8) is 0 Å². The minimum atomic E-state index is 0.104. The van der Waals surface area contributed by atoms with Crippen LogP contribution < -0.4 is 5.32 Å². The summed E-state index contributed by atoms with van der Waals surface area (Å²) in [6.07, 6.45) is 2.36. The highest BCUT2D eigenvalue weighted by Gasteiger charge is 2.10. The Morgan fingerprint density at radius 2 is 1.52 bits per heavy atom. The zero-order chi connectivity index (χ0) is 18.9. The van der Waals surface area contributed by atoms with Crippen molar-refractivity contribution in [1.82, 2.24) is 10.2 Å². The molecule has 0 saturated carbocycles. The van der Waals surface area contributed by atoms with Gasteiger partial charge in [0.15, 0.2) is 0 Å². The van der Waals surface area contributed by atoms with Gasteiger partial charge in [-0.2, -0.15) is 0 Å². The Labute approximate surface area is 162 Å². The molecule has 4 nitrogen and oxygen atoms in total. The van der Waals surface area contributed by atoms with Crippen molar-refractivity contribution in [1.29, 1.82) is 0 Å². The van der Waals surface area contributed by atoms with Gasteiger partial charge in [0.1, 0.15) is 0 Å². The smallest absolute Gasteiger partial charge is 0.220 e.